The van der Waals surface area contributed by atoms with Crippen molar-refractivity contribution in [2.75, 3.05) is 13.2 Å². The Morgan fingerprint density at radius 1 is 1.56 bits per heavy atom. The van der Waals surface area contributed by atoms with Crippen LogP contribution in [0.4, 0.5) is 0 Å². The van der Waals surface area contributed by atoms with Crippen LogP contribution in [-0.2, 0) is 4.74 Å². The first-order chi connectivity index (χ1) is 4.43. The Hall–Kier alpha value is -0.300. The summed E-state index contributed by atoms with van der Waals surface area (Å²) in [6, 6.07) is 0. The molecule has 0 radical (unpaired) electrons. The van der Waals surface area contributed by atoms with Crippen LogP contribution in [-0.4, -0.2) is 13.2 Å². The standard InChI is InChI=1S/C8H14O/c1-2-9-7-3-4-8-5-6-8/h3-4,8H,2,5-7H2,1H3. The van der Waals surface area contributed by atoms with Crippen molar-refractivity contribution in [3.63, 3.8) is 0 Å². The molecule has 1 nitrogen and oxygen atoms in total. The summed E-state index contributed by atoms with van der Waals surface area (Å²) in [5.41, 5.74) is 0. The van der Waals surface area contributed by atoms with Gasteiger partial charge >= 0.3 is 0 Å². The van der Waals surface area contributed by atoms with Gasteiger partial charge in [-0.2, -0.15) is 0 Å². The zero-order valence-electron chi connectivity index (χ0n) is 5.97. The van der Waals surface area contributed by atoms with E-state index in [2.05, 4.69) is 12.2 Å². The predicted octanol–water partition coefficient (Wildman–Crippen LogP) is 1.99. The highest BCUT2D eigenvalue weighted by atomic mass is 16.5. The van der Waals surface area contributed by atoms with Crippen LogP contribution < -0.4 is 0 Å². The lowest BCUT2D eigenvalue weighted by molar-refractivity contribution is 0.177. The van der Waals surface area contributed by atoms with Gasteiger partial charge in [0.15, 0.2) is 0 Å². The van der Waals surface area contributed by atoms with Crippen LogP contribution in [0.2, 0.25) is 0 Å². The van der Waals surface area contributed by atoms with Gasteiger partial charge in [-0.05, 0) is 25.7 Å². The molecule has 0 heterocycles. The highest BCUT2D eigenvalue weighted by Gasteiger charge is 2.16. The van der Waals surface area contributed by atoms with Crippen LogP contribution in [0.15, 0.2) is 12.2 Å². The molecule has 0 aromatic carbocycles. The van der Waals surface area contributed by atoms with Crippen molar-refractivity contribution in [1.29, 1.82) is 0 Å². The van der Waals surface area contributed by atoms with Crippen LogP contribution in [0.5, 0.6) is 0 Å². The van der Waals surface area contributed by atoms with Gasteiger partial charge in [0.1, 0.15) is 0 Å². The molecular formula is C8H14O. The van der Waals surface area contributed by atoms with Crippen LogP contribution in [0.3, 0.4) is 0 Å². The van der Waals surface area contributed by atoms with Gasteiger partial charge in [-0.3, -0.25) is 0 Å². The second-order valence-electron chi connectivity index (χ2n) is 2.43. The average Bonchev–Trinajstić information content (AvgIpc) is 2.63. The van der Waals surface area contributed by atoms with Crippen molar-refractivity contribution < 1.29 is 4.74 Å². The molecular weight excluding hydrogens is 112 g/mol. The molecule has 0 saturated heterocycles. The molecule has 1 aliphatic rings. The molecule has 1 fully saturated rings. The largest absolute Gasteiger partial charge is 0.378 e. The summed E-state index contributed by atoms with van der Waals surface area (Å²) in [5, 5.41) is 0. The van der Waals surface area contributed by atoms with Crippen molar-refractivity contribution in [3.05, 3.63) is 12.2 Å². The summed E-state index contributed by atoms with van der Waals surface area (Å²) in [7, 11) is 0. The van der Waals surface area contributed by atoms with Crippen molar-refractivity contribution in [2.45, 2.75) is 19.8 Å². The molecule has 1 heteroatoms. The second-order valence-corrected chi connectivity index (χ2v) is 2.43. The average molecular weight is 126 g/mol. The molecule has 0 unspecified atom stereocenters. The van der Waals surface area contributed by atoms with E-state index in [1.165, 1.54) is 12.8 Å². The smallest absolute Gasteiger partial charge is 0.0647 e. The molecule has 0 atom stereocenters. The van der Waals surface area contributed by atoms with Gasteiger partial charge in [0, 0.05) is 6.61 Å². The molecule has 0 spiro atoms. The van der Waals surface area contributed by atoms with Crippen LogP contribution >= 0.6 is 0 Å². The molecule has 0 aromatic heterocycles. The van der Waals surface area contributed by atoms with Gasteiger partial charge in [0.2, 0.25) is 0 Å². The Morgan fingerprint density at radius 3 is 2.89 bits per heavy atom. The van der Waals surface area contributed by atoms with Crippen LogP contribution in [0.1, 0.15) is 19.8 Å². The lowest BCUT2D eigenvalue weighted by Gasteiger charge is -1.90. The summed E-state index contributed by atoms with van der Waals surface area (Å²) < 4.78 is 5.12. The van der Waals surface area contributed by atoms with E-state index in [1.807, 2.05) is 6.92 Å². The maximum Gasteiger partial charge on any atom is 0.0647 e. The monoisotopic (exact) mass is 126 g/mol. The predicted molar refractivity (Wildman–Crippen MR) is 38.4 cm³/mol. The lowest BCUT2D eigenvalue weighted by atomic mass is 10.4. The first-order valence-corrected chi connectivity index (χ1v) is 3.68. The molecule has 52 valence electrons. The molecule has 0 N–H and O–H groups in total. The van der Waals surface area contributed by atoms with E-state index in [4.69, 9.17) is 4.74 Å². The molecule has 1 rings (SSSR count). The summed E-state index contributed by atoms with van der Waals surface area (Å²) in [4.78, 5) is 0. The SMILES string of the molecule is CCOCC=CC1CC1. The van der Waals surface area contributed by atoms with Crippen LogP contribution in [0, 0.1) is 5.92 Å². The summed E-state index contributed by atoms with van der Waals surface area (Å²) in [6.07, 6.45) is 7.17. The quantitative estimate of drug-likeness (QED) is 0.413. The Kier molecular flexibility index (Phi) is 2.78. The van der Waals surface area contributed by atoms with E-state index in [-0.39, 0.29) is 0 Å². The third-order valence-corrected chi connectivity index (χ3v) is 1.45. The number of hydrogen-bond acceptors (Lipinski definition) is 1. The van der Waals surface area contributed by atoms with Crippen molar-refractivity contribution >= 4 is 0 Å². The van der Waals surface area contributed by atoms with Gasteiger partial charge in [-0.15, -0.1) is 0 Å². The zero-order valence-corrected chi connectivity index (χ0v) is 5.97. The van der Waals surface area contributed by atoms with Gasteiger partial charge in [0.25, 0.3) is 0 Å². The Balaban J connectivity index is 1.89. The zero-order chi connectivity index (χ0) is 6.53. The highest BCUT2D eigenvalue weighted by Crippen LogP contribution is 2.29. The van der Waals surface area contributed by atoms with E-state index in [1.54, 1.807) is 0 Å². The Labute approximate surface area is 56.7 Å². The molecule has 1 aliphatic carbocycles. The van der Waals surface area contributed by atoms with E-state index in [0.717, 1.165) is 19.1 Å². The molecule has 0 aromatic rings. The number of rotatable bonds is 4. The van der Waals surface area contributed by atoms with Crippen molar-refractivity contribution in [2.24, 2.45) is 5.92 Å². The van der Waals surface area contributed by atoms with E-state index in [9.17, 15) is 0 Å². The summed E-state index contributed by atoms with van der Waals surface area (Å²) in [6.45, 7) is 3.65. The fourth-order valence-corrected chi connectivity index (χ4v) is 0.723. The molecule has 0 aliphatic heterocycles. The van der Waals surface area contributed by atoms with Gasteiger partial charge in [-0.25, -0.2) is 0 Å². The molecule has 0 bridgehead atoms. The van der Waals surface area contributed by atoms with Gasteiger partial charge in [-0.1, -0.05) is 12.2 Å². The van der Waals surface area contributed by atoms with Gasteiger partial charge in [0.05, 0.1) is 6.61 Å². The van der Waals surface area contributed by atoms with Crippen LogP contribution in [0.25, 0.3) is 0 Å². The lowest BCUT2D eigenvalue weighted by Crippen LogP contribution is -1.87. The van der Waals surface area contributed by atoms with E-state index >= 15 is 0 Å². The Morgan fingerprint density at radius 2 is 2.33 bits per heavy atom. The second kappa shape index (κ2) is 3.67. The first kappa shape index (κ1) is 6.81. The number of hydrogen-bond donors (Lipinski definition) is 0. The van der Waals surface area contributed by atoms with Gasteiger partial charge < -0.3 is 4.74 Å². The maximum atomic E-state index is 5.12. The Bertz CT molecular complexity index is 92.7. The fourth-order valence-electron chi connectivity index (χ4n) is 0.723. The normalized spacial score (nSPS) is 19.2. The highest BCUT2D eigenvalue weighted by molar-refractivity contribution is 4.95. The summed E-state index contributed by atoms with van der Waals surface area (Å²) in [5.74, 6) is 0.894. The topological polar surface area (TPSA) is 9.23 Å². The fraction of sp³-hybridized carbons (Fsp3) is 0.750. The molecule has 1 saturated carbocycles. The number of allylic oxidation sites excluding steroid dienone is 1. The number of ether oxygens (including phenoxy) is 1. The third-order valence-electron chi connectivity index (χ3n) is 1.45. The van der Waals surface area contributed by atoms with E-state index < -0.39 is 0 Å². The third kappa shape index (κ3) is 3.31. The molecule has 9 heavy (non-hydrogen) atoms. The maximum absolute atomic E-state index is 5.12. The molecule has 0 amide bonds. The van der Waals surface area contributed by atoms with E-state index in [0.29, 0.717) is 0 Å². The first-order valence-electron chi connectivity index (χ1n) is 3.68. The van der Waals surface area contributed by atoms with Crippen molar-refractivity contribution in [1.82, 2.24) is 0 Å². The minimum absolute atomic E-state index is 0.799. The minimum Gasteiger partial charge on any atom is -0.378 e. The van der Waals surface area contributed by atoms with Crippen molar-refractivity contribution in [3.8, 4) is 0 Å². The minimum atomic E-state index is 0.799. The summed E-state index contributed by atoms with van der Waals surface area (Å²) >= 11 is 0.